The zero-order chi connectivity index (χ0) is 21.2. The highest BCUT2D eigenvalue weighted by atomic mass is 16.5. The van der Waals surface area contributed by atoms with Crippen LogP contribution in [-0.4, -0.2) is 66.1 Å². The minimum absolute atomic E-state index is 0.0305. The molecule has 2 aromatic heterocycles. The monoisotopic (exact) mass is 419 g/mol. The fourth-order valence-electron chi connectivity index (χ4n) is 4.60. The number of morpholine rings is 1. The molecule has 1 atom stereocenters. The third kappa shape index (κ3) is 4.36. The number of rotatable bonds is 5. The predicted octanol–water partition coefficient (Wildman–Crippen LogP) is 3.99. The summed E-state index contributed by atoms with van der Waals surface area (Å²) in [5, 5.41) is 1.11. The summed E-state index contributed by atoms with van der Waals surface area (Å²) < 4.78 is 11.4. The summed E-state index contributed by atoms with van der Waals surface area (Å²) >= 11 is 0. The van der Waals surface area contributed by atoms with Crippen molar-refractivity contribution in [1.82, 2.24) is 14.8 Å². The topological polar surface area (TPSA) is 58.8 Å². The maximum atomic E-state index is 12.6. The summed E-state index contributed by atoms with van der Waals surface area (Å²) in [5.41, 5.74) is 3.47. The van der Waals surface area contributed by atoms with Crippen molar-refractivity contribution < 1.29 is 13.9 Å². The molecular formula is C25H29N3O3. The lowest BCUT2D eigenvalue weighted by Gasteiger charge is -2.26. The summed E-state index contributed by atoms with van der Waals surface area (Å²) in [6.07, 6.45) is 5.32. The number of hydrogen-bond acceptors (Lipinski definition) is 5. The first-order chi connectivity index (χ1) is 15.2. The van der Waals surface area contributed by atoms with Gasteiger partial charge in [0.15, 0.2) is 0 Å². The second-order valence-electron chi connectivity index (χ2n) is 8.58. The predicted molar refractivity (Wildman–Crippen MR) is 120 cm³/mol. The van der Waals surface area contributed by atoms with Gasteiger partial charge in [-0.05, 0) is 56.1 Å². The quantitative estimate of drug-likeness (QED) is 0.626. The van der Waals surface area contributed by atoms with Gasteiger partial charge in [0.25, 0.3) is 5.91 Å². The Balaban J connectivity index is 1.29. The largest absolute Gasteiger partial charge is 0.461 e. The van der Waals surface area contributed by atoms with Crippen molar-refractivity contribution >= 4 is 16.9 Å². The van der Waals surface area contributed by atoms with Gasteiger partial charge in [-0.1, -0.05) is 12.1 Å². The van der Waals surface area contributed by atoms with Gasteiger partial charge in [-0.25, -0.2) is 0 Å². The number of carbonyl (C=O) groups excluding carboxylic acids is 1. The molecule has 2 aliphatic rings. The van der Waals surface area contributed by atoms with Gasteiger partial charge in [0.1, 0.15) is 17.0 Å². The lowest BCUT2D eigenvalue weighted by atomic mass is 10.1. The average molecular weight is 420 g/mol. The molecule has 162 valence electrons. The SMILES string of the molecule is C[C@@H]1CCCN1CCc1cc2cc(-c3ccc(C(=O)N4CCOCC4)nc3)ccc2o1. The second kappa shape index (κ2) is 8.81. The van der Waals surface area contributed by atoms with Crippen molar-refractivity contribution in [3.63, 3.8) is 0 Å². The maximum Gasteiger partial charge on any atom is 0.272 e. The number of ether oxygens (including phenoxy) is 1. The molecule has 2 aliphatic heterocycles. The standard InChI is InChI=1S/C25H29N3O3/c1-18-3-2-9-27(18)10-8-22-16-21-15-19(5-7-24(21)31-22)20-4-6-23(26-17-20)25(29)28-11-13-30-14-12-28/h4-7,15-18H,2-3,8-14H2,1H3/t18-/m1/s1. The van der Waals surface area contributed by atoms with Crippen LogP contribution in [0.2, 0.25) is 0 Å². The minimum atomic E-state index is -0.0305. The van der Waals surface area contributed by atoms with Crippen molar-refractivity contribution in [2.24, 2.45) is 0 Å². The Labute approximate surface area is 182 Å². The number of pyridine rings is 1. The highest BCUT2D eigenvalue weighted by Crippen LogP contribution is 2.27. The summed E-state index contributed by atoms with van der Waals surface area (Å²) in [7, 11) is 0. The highest BCUT2D eigenvalue weighted by Gasteiger charge is 2.21. The van der Waals surface area contributed by atoms with E-state index in [1.165, 1.54) is 19.4 Å². The molecule has 6 nitrogen and oxygen atoms in total. The van der Waals surface area contributed by atoms with Crippen molar-refractivity contribution in [1.29, 1.82) is 0 Å². The van der Waals surface area contributed by atoms with Crippen LogP contribution in [0.1, 0.15) is 36.0 Å². The normalized spacial score (nSPS) is 19.9. The molecule has 1 amide bonds. The lowest BCUT2D eigenvalue weighted by Crippen LogP contribution is -2.41. The molecular weight excluding hydrogens is 390 g/mol. The Bertz CT molecular complexity index is 1050. The molecule has 0 spiro atoms. The van der Waals surface area contributed by atoms with E-state index < -0.39 is 0 Å². The van der Waals surface area contributed by atoms with E-state index in [0.717, 1.165) is 40.8 Å². The number of carbonyl (C=O) groups is 1. The van der Waals surface area contributed by atoms with Crippen LogP contribution >= 0.6 is 0 Å². The molecule has 0 unspecified atom stereocenters. The van der Waals surface area contributed by atoms with Gasteiger partial charge in [-0.2, -0.15) is 0 Å². The number of likely N-dealkylation sites (tertiary alicyclic amines) is 1. The first-order valence-electron chi connectivity index (χ1n) is 11.3. The molecule has 31 heavy (non-hydrogen) atoms. The molecule has 4 heterocycles. The number of aromatic nitrogens is 1. The van der Waals surface area contributed by atoms with Crippen LogP contribution in [0.5, 0.6) is 0 Å². The summed E-state index contributed by atoms with van der Waals surface area (Å²) in [4.78, 5) is 21.4. The molecule has 0 radical (unpaired) electrons. The van der Waals surface area contributed by atoms with Crippen molar-refractivity contribution in [2.75, 3.05) is 39.4 Å². The van der Waals surface area contributed by atoms with Gasteiger partial charge in [-0.3, -0.25) is 9.78 Å². The van der Waals surface area contributed by atoms with E-state index in [1.54, 1.807) is 11.1 Å². The van der Waals surface area contributed by atoms with Crippen LogP contribution in [0.4, 0.5) is 0 Å². The van der Waals surface area contributed by atoms with E-state index in [0.29, 0.717) is 38.0 Å². The number of nitrogens with zero attached hydrogens (tertiary/aromatic N) is 3. The number of amides is 1. The second-order valence-corrected chi connectivity index (χ2v) is 8.58. The number of hydrogen-bond donors (Lipinski definition) is 0. The first kappa shape index (κ1) is 20.2. The van der Waals surface area contributed by atoms with E-state index in [9.17, 15) is 4.79 Å². The van der Waals surface area contributed by atoms with E-state index >= 15 is 0 Å². The van der Waals surface area contributed by atoms with Gasteiger partial charge < -0.3 is 19.0 Å². The Kier molecular flexibility index (Phi) is 5.74. The summed E-state index contributed by atoms with van der Waals surface area (Å²) in [6, 6.07) is 12.8. The van der Waals surface area contributed by atoms with Gasteiger partial charge in [0.2, 0.25) is 0 Å². The number of benzene rings is 1. The van der Waals surface area contributed by atoms with Gasteiger partial charge in [0, 0.05) is 49.2 Å². The fraction of sp³-hybridized carbons (Fsp3) is 0.440. The Morgan fingerprint density at radius 2 is 1.94 bits per heavy atom. The lowest BCUT2D eigenvalue weighted by molar-refractivity contribution is 0.0299. The molecule has 2 fully saturated rings. The van der Waals surface area contributed by atoms with Gasteiger partial charge in [0.05, 0.1) is 13.2 Å². The molecule has 6 heteroatoms. The van der Waals surface area contributed by atoms with Crippen LogP contribution in [0.25, 0.3) is 22.1 Å². The molecule has 0 saturated carbocycles. The molecule has 0 N–H and O–H groups in total. The zero-order valence-corrected chi connectivity index (χ0v) is 18.0. The number of furan rings is 1. The molecule has 1 aromatic carbocycles. The van der Waals surface area contributed by atoms with Crippen LogP contribution in [0, 0.1) is 0 Å². The molecule has 0 aliphatic carbocycles. The van der Waals surface area contributed by atoms with E-state index in [2.05, 4.69) is 35.0 Å². The van der Waals surface area contributed by atoms with E-state index in [-0.39, 0.29) is 5.91 Å². The molecule has 2 saturated heterocycles. The average Bonchev–Trinajstić information content (AvgIpc) is 3.42. The van der Waals surface area contributed by atoms with Gasteiger partial charge >= 0.3 is 0 Å². The minimum Gasteiger partial charge on any atom is -0.461 e. The van der Waals surface area contributed by atoms with Gasteiger partial charge in [-0.15, -0.1) is 0 Å². The van der Waals surface area contributed by atoms with Crippen LogP contribution in [0.3, 0.4) is 0 Å². The zero-order valence-electron chi connectivity index (χ0n) is 18.0. The molecule has 0 bridgehead atoms. The van der Waals surface area contributed by atoms with Crippen LogP contribution < -0.4 is 0 Å². The third-order valence-electron chi connectivity index (χ3n) is 6.52. The Hall–Kier alpha value is -2.70. The fourth-order valence-corrected chi connectivity index (χ4v) is 4.60. The van der Waals surface area contributed by atoms with Crippen LogP contribution in [0.15, 0.2) is 47.0 Å². The highest BCUT2D eigenvalue weighted by molar-refractivity contribution is 5.93. The molecule has 5 rings (SSSR count). The number of fused-ring (bicyclic) bond motifs is 1. The molecule has 3 aromatic rings. The van der Waals surface area contributed by atoms with Crippen LogP contribution in [-0.2, 0) is 11.2 Å². The summed E-state index contributed by atoms with van der Waals surface area (Å²) in [6.45, 7) is 6.99. The smallest absolute Gasteiger partial charge is 0.272 e. The van der Waals surface area contributed by atoms with Crippen molar-refractivity contribution in [3.05, 3.63) is 54.0 Å². The first-order valence-corrected chi connectivity index (χ1v) is 11.3. The Morgan fingerprint density at radius 1 is 1.10 bits per heavy atom. The van der Waals surface area contributed by atoms with Crippen molar-refractivity contribution in [3.8, 4) is 11.1 Å². The maximum absolute atomic E-state index is 12.6. The van der Waals surface area contributed by atoms with E-state index in [4.69, 9.17) is 9.15 Å². The summed E-state index contributed by atoms with van der Waals surface area (Å²) in [5.74, 6) is 1.01. The van der Waals surface area contributed by atoms with E-state index in [1.807, 2.05) is 18.2 Å². The third-order valence-corrected chi connectivity index (χ3v) is 6.52. The Morgan fingerprint density at radius 3 is 2.68 bits per heavy atom. The van der Waals surface area contributed by atoms with Crippen molar-refractivity contribution in [2.45, 2.75) is 32.2 Å².